The van der Waals surface area contributed by atoms with E-state index in [0.29, 0.717) is 12.0 Å². The van der Waals surface area contributed by atoms with Gasteiger partial charge in [0.15, 0.2) is 0 Å². The van der Waals surface area contributed by atoms with Crippen LogP contribution in [0.25, 0.3) is 0 Å². The fraction of sp³-hybridized carbons (Fsp3) is 0.375. The molecule has 19 heavy (non-hydrogen) atoms. The maximum Gasteiger partial charge on any atom is 0.0701 e. The quantitative estimate of drug-likeness (QED) is 0.761. The molecular formula is C16H20BrNS. The molecule has 2 aromatic rings. The predicted molar refractivity (Wildman–Crippen MR) is 87.8 cm³/mol. The molecule has 3 heteroatoms. The first-order chi connectivity index (χ1) is 9.06. The molecule has 102 valence electrons. The summed E-state index contributed by atoms with van der Waals surface area (Å²) in [5, 5.41) is 3.57. The van der Waals surface area contributed by atoms with Gasteiger partial charge < -0.3 is 5.32 Å². The van der Waals surface area contributed by atoms with Crippen LogP contribution in [0.15, 0.2) is 40.2 Å². The lowest BCUT2D eigenvalue weighted by Crippen LogP contribution is -2.17. The summed E-state index contributed by atoms with van der Waals surface area (Å²) < 4.78 is 1.19. The molecule has 0 fully saturated rings. The van der Waals surface area contributed by atoms with E-state index in [1.165, 1.54) is 19.8 Å². The summed E-state index contributed by atoms with van der Waals surface area (Å²) in [4.78, 5) is 1.37. The van der Waals surface area contributed by atoms with Crippen molar-refractivity contribution in [2.24, 2.45) is 0 Å². The molecule has 0 aliphatic heterocycles. The third kappa shape index (κ3) is 4.16. The van der Waals surface area contributed by atoms with Crippen molar-refractivity contribution in [1.29, 1.82) is 0 Å². The highest BCUT2D eigenvalue weighted by molar-refractivity contribution is 9.11. The van der Waals surface area contributed by atoms with Crippen LogP contribution in [0, 0.1) is 0 Å². The van der Waals surface area contributed by atoms with Gasteiger partial charge >= 0.3 is 0 Å². The lowest BCUT2D eigenvalue weighted by atomic mass is 10.0. The molecule has 0 saturated carbocycles. The van der Waals surface area contributed by atoms with Crippen LogP contribution in [0.1, 0.15) is 48.7 Å². The van der Waals surface area contributed by atoms with E-state index in [9.17, 15) is 0 Å². The van der Waals surface area contributed by atoms with Crippen molar-refractivity contribution in [3.05, 3.63) is 56.2 Å². The van der Waals surface area contributed by atoms with E-state index >= 15 is 0 Å². The number of benzene rings is 1. The molecule has 1 aromatic carbocycles. The molecular weight excluding hydrogens is 318 g/mol. The van der Waals surface area contributed by atoms with Crippen LogP contribution in [-0.2, 0) is 6.54 Å². The van der Waals surface area contributed by atoms with E-state index in [1.54, 1.807) is 11.3 Å². The standard InChI is InChI=1S/C16H20BrNS/c1-11(2)14-6-4-13(5-7-14)10-18-12(3)15-8-9-16(17)19-15/h4-9,11-12,18H,10H2,1-3H3. The van der Waals surface area contributed by atoms with E-state index in [2.05, 4.69) is 78.4 Å². The Hall–Kier alpha value is -0.640. The van der Waals surface area contributed by atoms with E-state index in [1.807, 2.05) is 0 Å². The first-order valence-electron chi connectivity index (χ1n) is 6.63. The Morgan fingerprint density at radius 1 is 1.05 bits per heavy atom. The second kappa shape index (κ2) is 6.69. The van der Waals surface area contributed by atoms with Crippen molar-refractivity contribution in [2.75, 3.05) is 0 Å². The van der Waals surface area contributed by atoms with Crippen LogP contribution in [0.4, 0.5) is 0 Å². The Bertz CT molecular complexity index is 516. The number of thiophene rings is 1. The summed E-state index contributed by atoms with van der Waals surface area (Å²) >= 11 is 5.30. The van der Waals surface area contributed by atoms with Crippen LogP contribution >= 0.6 is 27.3 Å². The molecule has 0 bridgehead atoms. The first-order valence-corrected chi connectivity index (χ1v) is 8.24. The van der Waals surface area contributed by atoms with E-state index in [-0.39, 0.29) is 0 Å². The number of rotatable bonds is 5. The summed E-state index contributed by atoms with van der Waals surface area (Å²) in [6.45, 7) is 7.57. The topological polar surface area (TPSA) is 12.0 Å². The zero-order chi connectivity index (χ0) is 13.8. The van der Waals surface area contributed by atoms with Gasteiger partial charge in [-0.15, -0.1) is 11.3 Å². The second-order valence-electron chi connectivity index (χ2n) is 5.14. The van der Waals surface area contributed by atoms with Crippen molar-refractivity contribution in [3.63, 3.8) is 0 Å². The molecule has 1 N–H and O–H groups in total. The molecule has 1 atom stereocenters. The minimum atomic E-state index is 0.390. The Balaban J connectivity index is 1.91. The molecule has 0 aliphatic rings. The fourth-order valence-electron chi connectivity index (χ4n) is 1.95. The predicted octanol–water partition coefficient (Wildman–Crippen LogP) is 5.48. The van der Waals surface area contributed by atoms with E-state index in [4.69, 9.17) is 0 Å². The summed E-state index contributed by atoms with van der Waals surface area (Å²) in [5.74, 6) is 0.601. The van der Waals surface area contributed by atoms with Crippen molar-refractivity contribution in [1.82, 2.24) is 5.32 Å². The SMILES string of the molecule is CC(C)c1ccc(CNC(C)c2ccc(Br)s2)cc1. The Kier molecular flexibility index (Phi) is 5.20. The van der Waals surface area contributed by atoms with Crippen LogP contribution in [-0.4, -0.2) is 0 Å². The third-order valence-corrected chi connectivity index (χ3v) is 5.09. The van der Waals surface area contributed by atoms with Gasteiger partial charge in [0.25, 0.3) is 0 Å². The zero-order valence-electron chi connectivity index (χ0n) is 11.6. The monoisotopic (exact) mass is 337 g/mol. The maximum atomic E-state index is 3.57. The highest BCUT2D eigenvalue weighted by atomic mass is 79.9. The van der Waals surface area contributed by atoms with Crippen LogP contribution in [0.3, 0.4) is 0 Å². The molecule has 1 aromatic heterocycles. The van der Waals surface area contributed by atoms with Crippen LogP contribution in [0.5, 0.6) is 0 Å². The molecule has 1 unspecified atom stereocenters. The van der Waals surface area contributed by atoms with Gasteiger partial charge in [-0.05, 0) is 52.0 Å². The third-order valence-electron chi connectivity index (χ3n) is 3.28. The Morgan fingerprint density at radius 2 is 1.74 bits per heavy atom. The second-order valence-corrected chi connectivity index (χ2v) is 7.64. The molecule has 1 heterocycles. The molecule has 1 nitrogen and oxygen atoms in total. The molecule has 2 rings (SSSR count). The Labute approximate surface area is 128 Å². The minimum Gasteiger partial charge on any atom is -0.305 e. The van der Waals surface area contributed by atoms with Crippen LogP contribution < -0.4 is 5.32 Å². The van der Waals surface area contributed by atoms with Gasteiger partial charge in [0.1, 0.15) is 0 Å². The first kappa shape index (κ1) is 14.8. The molecule has 0 saturated heterocycles. The van der Waals surface area contributed by atoms with Gasteiger partial charge in [-0.25, -0.2) is 0 Å². The summed E-state index contributed by atoms with van der Waals surface area (Å²) in [6, 6.07) is 13.6. The molecule has 0 amide bonds. The summed E-state index contributed by atoms with van der Waals surface area (Å²) in [6.07, 6.45) is 0. The lowest BCUT2D eigenvalue weighted by Gasteiger charge is -2.13. The summed E-state index contributed by atoms with van der Waals surface area (Å²) in [5.41, 5.74) is 2.74. The lowest BCUT2D eigenvalue weighted by molar-refractivity contribution is 0.583. The highest BCUT2D eigenvalue weighted by Gasteiger charge is 2.07. The zero-order valence-corrected chi connectivity index (χ0v) is 14.0. The maximum absolute atomic E-state index is 3.57. The Morgan fingerprint density at radius 3 is 2.26 bits per heavy atom. The smallest absolute Gasteiger partial charge is 0.0701 e. The van der Waals surface area contributed by atoms with Gasteiger partial charge in [-0.3, -0.25) is 0 Å². The molecule has 0 spiro atoms. The number of hydrogen-bond donors (Lipinski definition) is 1. The van der Waals surface area contributed by atoms with Crippen molar-refractivity contribution >= 4 is 27.3 Å². The van der Waals surface area contributed by atoms with Gasteiger partial charge in [0.2, 0.25) is 0 Å². The van der Waals surface area contributed by atoms with Gasteiger partial charge in [-0.1, -0.05) is 38.1 Å². The van der Waals surface area contributed by atoms with Crippen LogP contribution in [0.2, 0.25) is 0 Å². The van der Waals surface area contributed by atoms with Gasteiger partial charge in [-0.2, -0.15) is 0 Å². The summed E-state index contributed by atoms with van der Waals surface area (Å²) in [7, 11) is 0. The average molecular weight is 338 g/mol. The highest BCUT2D eigenvalue weighted by Crippen LogP contribution is 2.27. The van der Waals surface area contributed by atoms with E-state index < -0.39 is 0 Å². The minimum absolute atomic E-state index is 0.390. The molecule has 0 radical (unpaired) electrons. The van der Waals surface area contributed by atoms with Crippen molar-refractivity contribution in [3.8, 4) is 0 Å². The van der Waals surface area contributed by atoms with Gasteiger partial charge in [0.05, 0.1) is 3.79 Å². The number of halogens is 1. The van der Waals surface area contributed by atoms with Gasteiger partial charge in [0, 0.05) is 17.5 Å². The fourth-order valence-corrected chi connectivity index (χ4v) is 3.40. The largest absolute Gasteiger partial charge is 0.305 e. The normalized spacial score (nSPS) is 12.9. The molecule has 0 aliphatic carbocycles. The van der Waals surface area contributed by atoms with Crippen molar-refractivity contribution in [2.45, 2.75) is 39.3 Å². The number of nitrogens with one attached hydrogen (secondary N) is 1. The number of hydrogen-bond acceptors (Lipinski definition) is 2. The average Bonchev–Trinajstić information content (AvgIpc) is 2.83. The van der Waals surface area contributed by atoms with E-state index in [0.717, 1.165) is 6.54 Å². The van der Waals surface area contributed by atoms with Crippen molar-refractivity contribution < 1.29 is 0 Å².